The van der Waals surface area contributed by atoms with Gasteiger partial charge in [0, 0.05) is 29.7 Å². The molecular weight excluding hydrogens is 531 g/mol. The summed E-state index contributed by atoms with van der Waals surface area (Å²) in [7, 11) is 0. The summed E-state index contributed by atoms with van der Waals surface area (Å²) >= 11 is 1.28. The van der Waals surface area contributed by atoms with Gasteiger partial charge in [0.1, 0.15) is 5.69 Å². The molecule has 2 N–H and O–H groups in total. The predicted octanol–water partition coefficient (Wildman–Crippen LogP) is 3.46. The number of piperazine rings is 1. The molecule has 12 heteroatoms. The lowest BCUT2D eigenvalue weighted by Gasteiger charge is -2.25. The van der Waals surface area contributed by atoms with Crippen LogP contribution in [0.25, 0.3) is 21.5 Å². The molecule has 3 fully saturated rings. The van der Waals surface area contributed by atoms with Gasteiger partial charge in [-0.2, -0.15) is 13.2 Å². The minimum absolute atomic E-state index is 0.0925. The molecule has 6 rings (SSSR count). The SMILES string of the molecule is Cc1cc(C(F)(F)F)nc(-c2ccnc3cc(CN4C(=O)C5C(C4=O)C5(C)C)sc23)c1CC1NCCNC1=O. The number of nitrogens with one attached hydrogen (secondary N) is 2. The Bertz CT molecular complexity index is 1530. The highest BCUT2D eigenvalue weighted by Gasteiger charge is 2.72. The molecule has 39 heavy (non-hydrogen) atoms. The zero-order chi connectivity index (χ0) is 27.9. The number of aromatic nitrogens is 2. The molecule has 5 heterocycles. The fourth-order valence-corrected chi connectivity index (χ4v) is 7.03. The van der Waals surface area contributed by atoms with Gasteiger partial charge in [-0.05, 0) is 48.1 Å². The Morgan fingerprint density at radius 2 is 1.85 bits per heavy atom. The van der Waals surface area contributed by atoms with Crippen LogP contribution in [0.4, 0.5) is 13.2 Å². The van der Waals surface area contributed by atoms with Crippen molar-refractivity contribution in [3.63, 3.8) is 0 Å². The summed E-state index contributed by atoms with van der Waals surface area (Å²) < 4.78 is 42.0. The first kappa shape index (κ1) is 25.9. The fourth-order valence-electron chi connectivity index (χ4n) is 5.91. The molecule has 3 amide bonds. The molecule has 3 atom stereocenters. The van der Waals surface area contributed by atoms with E-state index >= 15 is 0 Å². The first-order valence-corrected chi connectivity index (χ1v) is 13.5. The Balaban J connectivity index is 1.41. The van der Waals surface area contributed by atoms with Crippen LogP contribution in [0.15, 0.2) is 24.4 Å². The standard InChI is InChI=1S/C27H26F3N5O3S/c1-12-8-18(27(28,29)30)34-21(15(12)10-17-23(36)33-7-6-32-17)14-4-5-31-16-9-13(39-22(14)16)11-35-24(37)19-20(25(35)38)26(19,2)3/h4-5,8-9,17,19-20,32H,6-7,10-11H2,1-3H3,(H,33,36). The van der Waals surface area contributed by atoms with Gasteiger partial charge in [0.15, 0.2) is 0 Å². The molecule has 0 radical (unpaired) electrons. The van der Waals surface area contributed by atoms with Crippen LogP contribution in [-0.2, 0) is 33.5 Å². The molecule has 2 saturated heterocycles. The van der Waals surface area contributed by atoms with E-state index < -0.39 is 17.9 Å². The van der Waals surface area contributed by atoms with Crippen LogP contribution in [-0.4, -0.2) is 51.7 Å². The van der Waals surface area contributed by atoms with E-state index in [-0.39, 0.29) is 53.6 Å². The number of hydrogen-bond acceptors (Lipinski definition) is 7. The van der Waals surface area contributed by atoms with Crippen LogP contribution in [0.1, 0.15) is 35.5 Å². The average Bonchev–Trinajstić information content (AvgIpc) is 3.10. The third kappa shape index (κ3) is 4.20. The zero-order valence-electron chi connectivity index (χ0n) is 21.5. The third-order valence-corrected chi connectivity index (χ3v) is 9.24. The molecule has 3 aromatic heterocycles. The van der Waals surface area contributed by atoms with E-state index in [9.17, 15) is 27.6 Å². The van der Waals surface area contributed by atoms with Crippen LogP contribution < -0.4 is 10.6 Å². The normalized spacial score (nSPS) is 24.3. The smallest absolute Gasteiger partial charge is 0.353 e. The number of halogens is 3. The van der Waals surface area contributed by atoms with Gasteiger partial charge >= 0.3 is 6.18 Å². The number of aryl methyl sites for hydroxylation is 1. The number of carbonyl (C=O) groups is 3. The molecule has 1 saturated carbocycles. The van der Waals surface area contributed by atoms with Gasteiger partial charge < -0.3 is 10.6 Å². The molecule has 1 aliphatic carbocycles. The number of piperidine rings is 1. The van der Waals surface area contributed by atoms with Crippen molar-refractivity contribution >= 4 is 39.3 Å². The molecule has 0 bridgehead atoms. The monoisotopic (exact) mass is 557 g/mol. The second-order valence-corrected chi connectivity index (χ2v) is 12.1. The summed E-state index contributed by atoms with van der Waals surface area (Å²) in [6.45, 7) is 6.55. The Kier molecular flexibility index (Phi) is 5.85. The first-order chi connectivity index (χ1) is 18.4. The zero-order valence-corrected chi connectivity index (χ0v) is 22.3. The lowest BCUT2D eigenvalue weighted by atomic mass is 9.94. The Labute approximate surface area is 226 Å². The van der Waals surface area contributed by atoms with E-state index in [0.29, 0.717) is 44.9 Å². The number of likely N-dealkylation sites (tertiary alicyclic amines) is 1. The van der Waals surface area contributed by atoms with E-state index in [0.717, 1.165) is 6.07 Å². The number of alkyl halides is 3. The fraction of sp³-hybridized carbons (Fsp3) is 0.444. The van der Waals surface area contributed by atoms with Crippen molar-refractivity contribution in [1.29, 1.82) is 0 Å². The molecule has 0 aromatic carbocycles. The topological polar surface area (TPSA) is 104 Å². The minimum atomic E-state index is -4.66. The van der Waals surface area contributed by atoms with Crippen LogP contribution in [0.5, 0.6) is 0 Å². The first-order valence-electron chi connectivity index (χ1n) is 12.7. The molecule has 3 aromatic rings. The summed E-state index contributed by atoms with van der Waals surface area (Å²) in [6.07, 6.45) is -2.99. The van der Waals surface area contributed by atoms with Crippen molar-refractivity contribution in [2.45, 2.75) is 46.0 Å². The summed E-state index contributed by atoms with van der Waals surface area (Å²) in [6, 6.07) is 3.78. The van der Waals surface area contributed by atoms with Crippen molar-refractivity contribution in [2.24, 2.45) is 17.3 Å². The number of nitrogens with zero attached hydrogens (tertiary/aromatic N) is 3. The highest BCUT2D eigenvalue weighted by atomic mass is 32.1. The second-order valence-electron chi connectivity index (χ2n) is 11.0. The minimum Gasteiger partial charge on any atom is -0.353 e. The summed E-state index contributed by atoms with van der Waals surface area (Å²) in [5, 5.41) is 5.91. The maximum atomic E-state index is 13.8. The van der Waals surface area contributed by atoms with Crippen molar-refractivity contribution in [3.8, 4) is 11.3 Å². The van der Waals surface area contributed by atoms with Gasteiger partial charge in [0.25, 0.3) is 0 Å². The van der Waals surface area contributed by atoms with Crippen LogP contribution in [0.2, 0.25) is 0 Å². The molecule has 3 aliphatic rings. The number of amides is 3. The molecule has 2 aliphatic heterocycles. The van der Waals surface area contributed by atoms with E-state index in [1.807, 2.05) is 13.8 Å². The number of fused-ring (bicyclic) bond motifs is 2. The van der Waals surface area contributed by atoms with Gasteiger partial charge in [0.2, 0.25) is 17.7 Å². The maximum absolute atomic E-state index is 13.8. The number of hydrogen-bond donors (Lipinski definition) is 2. The van der Waals surface area contributed by atoms with Crippen molar-refractivity contribution < 1.29 is 27.6 Å². The lowest BCUT2D eigenvalue weighted by molar-refractivity contribution is -0.144. The second kappa shape index (κ2) is 8.82. The largest absolute Gasteiger partial charge is 0.433 e. The molecule has 0 spiro atoms. The molecule has 8 nitrogen and oxygen atoms in total. The van der Waals surface area contributed by atoms with Crippen LogP contribution in [0.3, 0.4) is 0 Å². The Hall–Kier alpha value is -3.38. The molecular formula is C27H26F3N5O3S. The average molecular weight is 558 g/mol. The third-order valence-electron chi connectivity index (χ3n) is 8.10. The number of pyridine rings is 2. The van der Waals surface area contributed by atoms with Crippen LogP contribution in [0, 0.1) is 24.2 Å². The summed E-state index contributed by atoms with van der Waals surface area (Å²) in [4.78, 5) is 48.6. The van der Waals surface area contributed by atoms with E-state index in [4.69, 9.17) is 0 Å². The summed E-state index contributed by atoms with van der Waals surface area (Å²) in [5.41, 5.74) is 0.716. The van der Waals surface area contributed by atoms with Crippen molar-refractivity contribution in [3.05, 3.63) is 46.1 Å². The van der Waals surface area contributed by atoms with E-state index in [1.54, 1.807) is 19.1 Å². The van der Waals surface area contributed by atoms with E-state index in [1.165, 1.54) is 22.4 Å². The Morgan fingerprint density at radius 1 is 1.13 bits per heavy atom. The molecule has 204 valence electrons. The van der Waals surface area contributed by atoms with Crippen LogP contribution >= 0.6 is 11.3 Å². The van der Waals surface area contributed by atoms with Gasteiger partial charge in [-0.1, -0.05) is 13.8 Å². The van der Waals surface area contributed by atoms with E-state index in [2.05, 4.69) is 20.6 Å². The van der Waals surface area contributed by atoms with Crippen molar-refractivity contribution in [2.75, 3.05) is 13.1 Å². The predicted molar refractivity (Wildman–Crippen MR) is 137 cm³/mol. The Morgan fingerprint density at radius 3 is 2.51 bits per heavy atom. The van der Waals surface area contributed by atoms with Gasteiger partial charge in [-0.3, -0.25) is 24.3 Å². The highest BCUT2D eigenvalue weighted by molar-refractivity contribution is 7.19. The number of thiophene rings is 1. The van der Waals surface area contributed by atoms with Gasteiger partial charge in [-0.15, -0.1) is 11.3 Å². The number of rotatable bonds is 5. The van der Waals surface area contributed by atoms with Crippen molar-refractivity contribution in [1.82, 2.24) is 25.5 Å². The maximum Gasteiger partial charge on any atom is 0.433 e. The number of carbonyl (C=O) groups excluding carboxylic acids is 3. The van der Waals surface area contributed by atoms with Gasteiger partial charge in [-0.25, -0.2) is 4.98 Å². The van der Waals surface area contributed by atoms with Gasteiger partial charge in [0.05, 0.1) is 40.3 Å². The molecule has 3 unspecified atom stereocenters. The summed E-state index contributed by atoms with van der Waals surface area (Å²) in [5.74, 6) is -1.17. The lowest BCUT2D eigenvalue weighted by Crippen LogP contribution is -2.53. The highest BCUT2D eigenvalue weighted by Crippen LogP contribution is 2.63. The quantitative estimate of drug-likeness (QED) is 0.466. The number of imide groups is 1.